The van der Waals surface area contributed by atoms with Crippen molar-refractivity contribution in [2.24, 2.45) is 11.8 Å². The minimum absolute atomic E-state index is 0.0260. The number of aliphatic hydroxyl groups excluding tert-OH is 1. The zero-order valence-electron chi connectivity index (χ0n) is 17.2. The van der Waals surface area contributed by atoms with Crippen LogP contribution in [0.4, 0.5) is 0 Å². The SMILES string of the molecule is O=C(O)/C=C/c1ccccc1.OC1CCN2C[C@@H]3C[C@@H](CN4CCCC[C@H]34)[C@@H]2C1. The van der Waals surface area contributed by atoms with Crippen LogP contribution in [0.25, 0.3) is 6.08 Å². The van der Waals surface area contributed by atoms with Gasteiger partial charge in [-0.15, -0.1) is 0 Å². The number of nitrogens with zero attached hydrogens (tertiary/aromatic N) is 2. The Morgan fingerprint density at radius 1 is 0.931 bits per heavy atom. The number of piperidine rings is 4. The molecular weight excluding hydrogens is 364 g/mol. The third-order valence-corrected chi connectivity index (χ3v) is 7.25. The number of benzene rings is 1. The molecule has 0 radical (unpaired) electrons. The number of rotatable bonds is 2. The summed E-state index contributed by atoms with van der Waals surface area (Å²) in [4.78, 5) is 15.6. The molecule has 1 aromatic rings. The van der Waals surface area contributed by atoms with Crippen molar-refractivity contribution < 1.29 is 15.0 Å². The molecule has 5 atom stereocenters. The maximum absolute atomic E-state index is 10.1. The lowest BCUT2D eigenvalue weighted by molar-refractivity contribution is -0.131. The van der Waals surface area contributed by atoms with Crippen LogP contribution < -0.4 is 0 Å². The molecule has 4 aliphatic heterocycles. The first-order valence-corrected chi connectivity index (χ1v) is 11.2. The summed E-state index contributed by atoms with van der Waals surface area (Å²) in [6.07, 6.45) is 10.4. The van der Waals surface area contributed by atoms with E-state index in [1.165, 1.54) is 45.3 Å². The van der Waals surface area contributed by atoms with E-state index in [0.717, 1.165) is 48.9 Å². The quantitative estimate of drug-likeness (QED) is 0.750. The van der Waals surface area contributed by atoms with Gasteiger partial charge >= 0.3 is 5.97 Å². The predicted molar refractivity (Wildman–Crippen MR) is 115 cm³/mol. The minimum Gasteiger partial charge on any atom is -0.478 e. The number of aliphatic hydroxyl groups is 1. The molecule has 0 aromatic heterocycles. The van der Waals surface area contributed by atoms with Crippen molar-refractivity contribution in [2.75, 3.05) is 26.2 Å². The fourth-order valence-electron chi connectivity index (χ4n) is 5.95. The number of fused-ring (bicyclic) bond motifs is 6. The molecule has 5 heteroatoms. The highest BCUT2D eigenvalue weighted by atomic mass is 16.4. The third-order valence-electron chi connectivity index (χ3n) is 7.25. The molecule has 2 bridgehead atoms. The van der Waals surface area contributed by atoms with Gasteiger partial charge in [0.2, 0.25) is 0 Å². The Morgan fingerprint density at radius 3 is 2.41 bits per heavy atom. The van der Waals surface area contributed by atoms with E-state index in [9.17, 15) is 9.90 Å². The number of hydrogen-bond acceptors (Lipinski definition) is 4. The Bertz CT molecular complexity index is 707. The largest absolute Gasteiger partial charge is 0.478 e. The third kappa shape index (κ3) is 5.08. The van der Waals surface area contributed by atoms with E-state index < -0.39 is 5.97 Å². The standard InChI is InChI=1S/C15H26N2O.C9H8O2/c18-13-4-6-17-9-11-7-12(15(17)8-13)10-16-5-2-1-3-14(11)16;10-9(11)7-6-8-4-2-1-3-5-8/h11-15,18H,1-10H2;1-7H,(H,10,11)/b;7-6+/t11-,12-,13?,14+,15-;/m0./s1. The van der Waals surface area contributed by atoms with Gasteiger partial charge < -0.3 is 10.2 Å². The number of carboxylic acids is 1. The second-order valence-electron chi connectivity index (χ2n) is 9.14. The number of aliphatic carboxylic acids is 1. The highest BCUT2D eigenvalue weighted by Crippen LogP contribution is 2.42. The average Bonchev–Trinajstić information content (AvgIpc) is 2.74. The number of carboxylic acid groups (broad SMARTS) is 1. The minimum atomic E-state index is -0.922. The van der Waals surface area contributed by atoms with Crippen molar-refractivity contribution in [2.45, 2.75) is 56.7 Å². The summed E-state index contributed by atoms with van der Waals surface area (Å²) in [5.74, 6) is 0.845. The normalized spacial score (nSPS) is 34.6. The summed E-state index contributed by atoms with van der Waals surface area (Å²) < 4.78 is 0. The van der Waals surface area contributed by atoms with Gasteiger partial charge in [0.25, 0.3) is 0 Å². The Morgan fingerprint density at radius 2 is 1.66 bits per heavy atom. The van der Waals surface area contributed by atoms with E-state index in [2.05, 4.69) is 9.80 Å². The highest BCUT2D eigenvalue weighted by Gasteiger charge is 2.47. The molecule has 4 fully saturated rings. The van der Waals surface area contributed by atoms with E-state index in [-0.39, 0.29) is 6.10 Å². The van der Waals surface area contributed by atoms with Gasteiger partial charge in [0.15, 0.2) is 0 Å². The zero-order valence-corrected chi connectivity index (χ0v) is 17.2. The molecule has 0 aliphatic carbocycles. The van der Waals surface area contributed by atoms with Gasteiger partial charge in [-0.2, -0.15) is 0 Å². The van der Waals surface area contributed by atoms with Crippen LogP contribution in [0.5, 0.6) is 0 Å². The molecule has 29 heavy (non-hydrogen) atoms. The smallest absolute Gasteiger partial charge is 0.328 e. The lowest BCUT2D eigenvalue weighted by Gasteiger charge is -2.57. The molecule has 0 saturated carbocycles. The maximum Gasteiger partial charge on any atom is 0.328 e. The summed E-state index contributed by atoms with van der Waals surface area (Å²) in [7, 11) is 0. The Balaban J connectivity index is 0.000000161. The Labute approximate surface area is 174 Å². The van der Waals surface area contributed by atoms with E-state index in [1.807, 2.05) is 30.3 Å². The molecule has 1 aromatic carbocycles. The molecule has 2 N–H and O–H groups in total. The van der Waals surface area contributed by atoms with Crippen LogP contribution in [0.15, 0.2) is 36.4 Å². The maximum atomic E-state index is 10.1. The van der Waals surface area contributed by atoms with Crippen molar-refractivity contribution in [1.29, 1.82) is 0 Å². The van der Waals surface area contributed by atoms with Gasteiger partial charge in [0.1, 0.15) is 0 Å². The van der Waals surface area contributed by atoms with E-state index in [0.29, 0.717) is 6.04 Å². The first kappa shape index (κ1) is 20.6. The van der Waals surface area contributed by atoms with Gasteiger partial charge in [-0.25, -0.2) is 4.79 Å². The van der Waals surface area contributed by atoms with Crippen molar-refractivity contribution >= 4 is 12.0 Å². The Hall–Kier alpha value is -1.69. The van der Waals surface area contributed by atoms with Crippen LogP contribution in [-0.4, -0.2) is 70.3 Å². The van der Waals surface area contributed by atoms with E-state index in [1.54, 1.807) is 6.08 Å². The van der Waals surface area contributed by atoms with Crippen molar-refractivity contribution in [3.63, 3.8) is 0 Å². The first-order chi connectivity index (χ1) is 14.1. The number of hydrogen-bond donors (Lipinski definition) is 2. The predicted octanol–water partition coefficient (Wildman–Crippen LogP) is 3.10. The van der Waals surface area contributed by atoms with Crippen LogP contribution in [0, 0.1) is 11.8 Å². The summed E-state index contributed by atoms with van der Waals surface area (Å²) >= 11 is 0. The number of carbonyl (C=O) groups is 1. The van der Waals surface area contributed by atoms with E-state index in [4.69, 9.17) is 5.11 Å². The molecule has 1 unspecified atom stereocenters. The summed E-state index contributed by atoms with van der Waals surface area (Å²) in [6, 6.07) is 10.9. The van der Waals surface area contributed by atoms with Crippen LogP contribution in [0.3, 0.4) is 0 Å². The monoisotopic (exact) mass is 398 g/mol. The zero-order chi connectivity index (χ0) is 20.2. The van der Waals surface area contributed by atoms with Crippen LogP contribution in [-0.2, 0) is 4.79 Å². The van der Waals surface area contributed by atoms with Gasteiger partial charge in [0.05, 0.1) is 6.10 Å². The van der Waals surface area contributed by atoms with Crippen molar-refractivity contribution in [1.82, 2.24) is 9.80 Å². The molecule has 5 nitrogen and oxygen atoms in total. The van der Waals surface area contributed by atoms with E-state index >= 15 is 0 Å². The molecule has 5 rings (SSSR count). The first-order valence-electron chi connectivity index (χ1n) is 11.2. The molecule has 4 aliphatic rings. The average molecular weight is 399 g/mol. The molecular formula is C24H34N2O3. The van der Waals surface area contributed by atoms with Gasteiger partial charge in [-0.3, -0.25) is 9.80 Å². The lowest BCUT2D eigenvalue weighted by atomic mass is 9.70. The summed E-state index contributed by atoms with van der Waals surface area (Å²) in [6.45, 7) is 5.11. The highest BCUT2D eigenvalue weighted by molar-refractivity contribution is 5.85. The van der Waals surface area contributed by atoms with Gasteiger partial charge in [-0.05, 0) is 62.1 Å². The molecule has 4 heterocycles. The topological polar surface area (TPSA) is 64.0 Å². The second kappa shape index (κ2) is 9.41. The fourth-order valence-corrected chi connectivity index (χ4v) is 5.95. The van der Waals surface area contributed by atoms with Gasteiger partial charge in [0, 0.05) is 37.8 Å². The van der Waals surface area contributed by atoms with Crippen LogP contribution in [0.2, 0.25) is 0 Å². The van der Waals surface area contributed by atoms with Crippen molar-refractivity contribution in [3.05, 3.63) is 42.0 Å². The molecule has 0 amide bonds. The Kier molecular flexibility index (Phi) is 6.68. The molecule has 158 valence electrons. The van der Waals surface area contributed by atoms with Gasteiger partial charge in [-0.1, -0.05) is 36.8 Å². The van der Waals surface area contributed by atoms with Crippen LogP contribution >= 0.6 is 0 Å². The summed E-state index contributed by atoms with van der Waals surface area (Å²) in [5.41, 5.74) is 0.898. The molecule has 0 spiro atoms. The second-order valence-corrected chi connectivity index (χ2v) is 9.14. The fraction of sp³-hybridized carbons (Fsp3) is 0.625. The lowest BCUT2D eigenvalue weighted by Crippen LogP contribution is -2.64. The van der Waals surface area contributed by atoms with Crippen LogP contribution in [0.1, 0.15) is 44.1 Å². The van der Waals surface area contributed by atoms with Crippen molar-refractivity contribution in [3.8, 4) is 0 Å². The molecule has 4 saturated heterocycles. The summed E-state index contributed by atoms with van der Waals surface area (Å²) in [5, 5.41) is 18.2.